The van der Waals surface area contributed by atoms with Gasteiger partial charge in [0.2, 0.25) is 0 Å². The molecule has 0 atom stereocenters. The van der Waals surface area contributed by atoms with Crippen LogP contribution in [-0.4, -0.2) is 15.7 Å². The van der Waals surface area contributed by atoms with Crippen LogP contribution in [0.3, 0.4) is 0 Å². The van der Waals surface area contributed by atoms with Gasteiger partial charge in [-0.05, 0) is 48.9 Å². The fraction of sp³-hybridized carbons (Fsp3) is 0.0345. The van der Waals surface area contributed by atoms with Crippen LogP contribution < -0.4 is 10.9 Å². The first-order valence-electron chi connectivity index (χ1n) is 11.0. The van der Waals surface area contributed by atoms with Crippen LogP contribution in [0.5, 0.6) is 0 Å². The molecule has 0 unspecified atom stereocenters. The highest BCUT2D eigenvalue weighted by molar-refractivity contribution is 6.04. The molecule has 0 aliphatic rings. The molecule has 34 heavy (non-hydrogen) atoms. The van der Waals surface area contributed by atoms with Gasteiger partial charge >= 0.3 is 0 Å². The molecule has 2 N–H and O–H groups in total. The van der Waals surface area contributed by atoms with Gasteiger partial charge in [0, 0.05) is 16.8 Å². The predicted octanol–water partition coefficient (Wildman–Crippen LogP) is 6.06. The molecule has 166 valence electrons. The molecule has 1 amide bonds. The average molecular weight is 446 g/mol. The van der Waals surface area contributed by atoms with Crippen molar-refractivity contribution in [3.63, 3.8) is 0 Å². The number of hydrogen-bond acceptors (Lipinski definition) is 2. The Balaban J connectivity index is 1.54. The average Bonchev–Trinajstić information content (AvgIpc) is 3.23. The van der Waals surface area contributed by atoms with Gasteiger partial charge in [0.05, 0.1) is 16.9 Å². The van der Waals surface area contributed by atoms with Crippen molar-refractivity contribution in [2.45, 2.75) is 6.92 Å². The summed E-state index contributed by atoms with van der Waals surface area (Å²) < 4.78 is 1.57. The second kappa shape index (κ2) is 9.08. The lowest BCUT2D eigenvalue weighted by Crippen LogP contribution is -2.15. The number of aromatic nitrogens is 2. The first-order valence-corrected chi connectivity index (χ1v) is 11.0. The molecule has 0 saturated carbocycles. The zero-order valence-electron chi connectivity index (χ0n) is 18.7. The topological polar surface area (TPSA) is 66.9 Å². The highest BCUT2D eigenvalue weighted by Gasteiger charge is 2.18. The molecular formula is C29H23N3O2. The number of nitrogens with one attached hydrogen (secondary N) is 2. The number of carbonyl (C=O) groups excluding carboxylic acids is 1. The van der Waals surface area contributed by atoms with Crippen molar-refractivity contribution in [3.05, 3.63) is 131 Å². The van der Waals surface area contributed by atoms with Gasteiger partial charge in [-0.1, -0.05) is 78.4 Å². The smallest absolute Gasteiger partial charge is 0.279 e. The summed E-state index contributed by atoms with van der Waals surface area (Å²) in [5.74, 6) is -0.179. The summed E-state index contributed by atoms with van der Waals surface area (Å²) in [4.78, 5) is 26.0. The minimum Gasteiger partial charge on any atom is -0.322 e. The van der Waals surface area contributed by atoms with Crippen LogP contribution in [0.1, 0.15) is 15.9 Å². The summed E-state index contributed by atoms with van der Waals surface area (Å²) in [7, 11) is 0. The van der Waals surface area contributed by atoms with E-state index in [0.29, 0.717) is 16.8 Å². The van der Waals surface area contributed by atoms with Gasteiger partial charge in [0.25, 0.3) is 11.5 Å². The number of aromatic amines is 1. The van der Waals surface area contributed by atoms with Crippen LogP contribution in [0.4, 0.5) is 5.69 Å². The lowest BCUT2D eigenvalue weighted by atomic mass is 10.0. The summed E-state index contributed by atoms with van der Waals surface area (Å²) in [6.45, 7) is 2.01. The summed E-state index contributed by atoms with van der Waals surface area (Å²) in [6, 6.07) is 34.0. The summed E-state index contributed by atoms with van der Waals surface area (Å²) in [5.41, 5.74) is 6.01. The molecule has 0 fully saturated rings. The van der Waals surface area contributed by atoms with Crippen LogP contribution in [0.2, 0.25) is 0 Å². The van der Waals surface area contributed by atoms with Crippen molar-refractivity contribution in [3.8, 4) is 28.1 Å². The van der Waals surface area contributed by atoms with Crippen LogP contribution in [0.25, 0.3) is 28.1 Å². The number of carbonyl (C=O) groups is 1. The number of benzene rings is 4. The van der Waals surface area contributed by atoms with E-state index in [1.54, 1.807) is 16.8 Å². The van der Waals surface area contributed by atoms with E-state index in [4.69, 9.17) is 0 Å². The zero-order valence-corrected chi connectivity index (χ0v) is 18.7. The molecule has 5 aromatic rings. The Kier molecular flexibility index (Phi) is 5.67. The van der Waals surface area contributed by atoms with Crippen molar-refractivity contribution in [1.82, 2.24) is 9.78 Å². The van der Waals surface area contributed by atoms with Gasteiger partial charge in [-0.2, -0.15) is 0 Å². The van der Waals surface area contributed by atoms with Crippen molar-refractivity contribution in [1.29, 1.82) is 0 Å². The van der Waals surface area contributed by atoms with Crippen LogP contribution >= 0.6 is 0 Å². The highest BCUT2D eigenvalue weighted by atomic mass is 16.1. The molecule has 1 heterocycles. The quantitative estimate of drug-likeness (QED) is 0.345. The zero-order chi connectivity index (χ0) is 23.5. The van der Waals surface area contributed by atoms with E-state index in [-0.39, 0.29) is 11.5 Å². The maximum Gasteiger partial charge on any atom is 0.279 e. The Morgan fingerprint density at radius 1 is 0.735 bits per heavy atom. The molecule has 1 aromatic heterocycles. The summed E-state index contributed by atoms with van der Waals surface area (Å²) >= 11 is 0. The third kappa shape index (κ3) is 4.19. The molecule has 0 saturated heterocycles. The Hall–Kier alpha value is -4.64. The number of anilines is 1. The van der Waals surface area contributed by atoms with E-state index in [1.807, 2.05) is 104 Å². The molecule has 0 bridgehead atoms. The molecule has 0 radical (unpaired) electrons. The molecule has 5 rings (SSSR count). The van der Waals surface area contributed by atoms with Crippen molar-refractivity contribution in [2.24, 2.45) is 0 Å². The fourth-order valence-electron chi connectivity index (χ4n) is 3.91. The lowest BCUT2D eigenvalue weighted by molar-refractivity contribution is 0.102. The number of rotatable bonds is 5. The third-order valence-electron chi connectivity index (χ3n) is 5.71. The van der Waals surface area contributed by atoms with Crippen molar-refractivity contribution >= 4 is 11.6 Å². The van der Waals surface area contributed by atoms with Gasteiger partial charge in [-0.25, -0.2) is 4.68 Å². The monoisotopic (exact) mass is 445 g/mol. The maximum absolute atomic E-state index is 13.6. The van der Waals surface area contributed by atoms with Gasteiger partial charge in [0.1, 0.15) is 0 Å². The second-order valence-corrected chi connectivity index (χ2v) is 8.10. The molecule has 0 aliphatic heterocycles. The van der Waals surface area contributed by atoms with Gasteiger partial charge in [-0.3, -0.25) is 14.7 Å². The summed E-state index contributed by atoms with van der Waals surface area (Å²) in [6.07, 6.45) is 0. The van der Waals surface area contributed by atoms with Gasteiger partial charge in [-0.15, -0.1) is 0 Å². The van der Waals surface area contributed by atoms with Crippen LogP contribution in [-0.2, 0) is 0 Å². The van der Waals surface area contributed by atoms with E-state index in [9.17, 15) is 9.59 Å². The largest absolute Gasteiger partial charge is 0.322 e. The first-order chi connectivity index (χ1) is 16.6. The highest BCUT2D eigenvalue weighted by Crippen LogP contribution is 2.29. The number of amides is 1. The van der Waals surface area contributed by atoms with E-state index in [0.717, 1.165) is 28.1 Å². The van der Waals surface area contributed by atoms with Gasteiger partial charge in [0.15, 0.2) is 0 Å². The Labute approximate surface area is 197 Å². The number of nitrogens with zero attached hydrogens (tertiary/aromatic N) is 1. The molecule has 4 aromatic carbocycles. The van der Waals surface area contributed by atoms with Crippen LogP contribution in [0, 0.1) is 6.92 Å². The number of hydrogen-bond donors (Lipinski definition) is 2. The van der Waals surface area contributed by atoms with E-state index in [2.05, 4.69) is 10.4 Å². The third-order valence-corrected chi connectivity index (χ3v) is 5.71. The SMILES string of the molecule is Cc1ccc(-n2[nH]c(-c3ccccc3)c(-c3ccc(NC(=O)c4ccccc4)cc3)c2=O)cc1. The van der Waals surface area contributed by atoms with E-state index in [1.165, 1.54) is 0 Å². The molecular weight excluding hydrogens is 422 g/mol. The number of H-pyrrole nitrogens is 1. The molecule has 5 nitrogen and oxygen atoms in total. The molecule has 0 aliphatic carbocycles. The molecule has 5 heteroatoms. The normalized spacial score (nSPS) is 10.7. The standard InChI is InChI=1S/C29H23N3O2/c1-20-12-18-25(19-13-20)32-29(34)26(27(31-32)22-8-4-2-5-9-22)21-14-16-24(17-15-21)30-28(33)23-10-6-3-7-11-23/h2-19,31H,1H3,(H,30,33). The predicted molar refractivity (Wildman–Crippen MR) is 136 cm³/mol. The van der Waals surface area contributed by atoms with E-state index < -0.39 is 0 Å². The summed E-state index contributed by atoms with van der Waals surface area (Å²) in [5, 5.41) is 6.21. The van der Waals surface area contributed by atoms with E-state index >= 15 is 0 Å². The first kappa shape index (κ1) is 21.2. The van der Waals surface area contributed by atoms with Gasteiger partial charge < -0.3 is 5.32 Å². The Morgan fingerprint density at radius 3 is 2.00 bits per heavy atom. The lowest BCUT2D eigenvalue weighted by Gasteiger charge is -2.07. The Morgan fingerprint density at radius 2 is 1.35 bits per heavy atom. The van der Waals surface area contributed by atoms with Crippen molar-refractivity contribution in [2.75, 3.05) is 5.32 Å². The minimum absolute atomic E-state index is 0.135. The van der Waals surface area contributed by atoms with Crippen LogP contribution in [0.15, 0.2) is 114 Å². The number of aryl methyl sites for hydroxylation is 1. The molecule has 0 spiro atoms. The minimum atomic E-state index is -0.179. The second-order valence-electron chi connectivity index (χ2n) is 8.10. The fourth-order valence-corrected chi connectivity index (χ4v) is 3.91. The van der Waals surface area contributed by atoms with Crippen molar-refractivity contribution < 1.29 is 4.79 Å². The Bertz CT molecular complexity index is 1480. The maximum atomic E-state index is 13.6.